The van der Waals surface area contributed by atoms with Crippen molar-refractivity contribution in [2.45, 2.75) is 44.9 Å². The molecule has 0 N–H and O–H groups in total. The van der Waals surface area contributed by atoms with E-state index in [1.165, 1.54) is 37.9 Å². The zero-order valence-corrected chi connectivity index (χ0v) is 19.2. The van der Waals surface area contributed by atoms with E-state index in [2.05, 4.69) is 17.0 Å². The van der Waals surface area contributed by atoms with Crippen LogP contribution < -0.4 is 0 Å². The fourth-order valence-electron chi connectivity index (χ4n) is 4.82. The number of fused-ring (bicyclic) bond motifs is 1. The monoisotopic (exact) mass is 445 g/mol. The minimum atomic E-state index is -0.353. The predicted octanol–water partition coefficient (Wildman–Crippen LogP) is 4.59. The number of oxazole rings is 1. The summed E-state index contributed by atoms with van der Waals surface area (Å²) in [7, 11) is 1.66. The second kappa shape index (κ2) is 9.89. The fraction of sp³-hybridized carbons (Fsp3) is 0.407. The number of hydrogen-bond acceptors (Lipinski definition) is 5. The van der Waals surface area contributed by atoms with Gasteiger partial charge in [0.15, 0.2) is 6.10 Å². The number of hydrogen-bond donors (Lipinski definition) is 0. The normalized spacial score (nSPS) is 17.5. The molecule has 2 aliphatic rings. The highest BCUT2D eigenvalue weighted by Gasteiger charge is 2.29. The quantitative estimate of drug-likeness (QED) is 0.555. The average Bonchev–Trinajstić information content (AvgIpc) is 3.29. The molecule has 2 aromatic carbocycles. The molecular formula is C27H31N3O3. The lowest BCUT2D eigenvalue weighted by molar-refractivity contribution is 0.0727. The molecule has 1 atom stereocenters. The van der Waals surface area contributed by atoms with Crippen molar-refractivity contribution in [3.8, 4) is 0 Å². The van der Waals surface area contributed by atoms with Crippen LogP contribution in [0.3, 0.4) is 0 Å². The fourth-order valence-corrected chi connectivity index (χ4v) is 4.82. The van der Waals surface area contributed by atoms with E-state index in [4.69, 9.17) is 14.1 Å². The molecule has 172 valence electrons. The standard InChI is InChI=1S/C27H31N3O3/c1-32-25(21-8-4-2-5-9-21)26-28-23-19-30(17-14-24(23)33-26)27(31)22-12-10-20(11-13-22)18-29-15-6-3-7-16-29/h2,4-5,8-13,25H,3,6-7,14-19H2,1H3. The molecule has 0 spiro atoms. The Hall–Kier alpha value is -2.96. The molecule has 1 fully saturated rings. The summed E-state index contributed by atoms with van der Waals surface area (Å²) in [4.78, 5) is 22.2. The van der Waals surface area contributed by atoms with E-state index in [0.29, 0.717) is 25.4 Å². The second-order valence-electron chi connectivity index (χ2n) is 8.96. The molecule has 0 bridgehead atoms. The number of carbonyl (C=O) groups is 1. The van der Waals surface area contributed by atoms with Crippen molar-refractivity contribution in [3.05, 3.63) is 88.6 Å². The van der Waals surface area contributed by atoms with Gasteiger partial charge in [-0.2, -0.15) is 0 Å². The Morgan fingerprint density at radius 1 is 1.03 bits per heavy atom. The number of rotatable bonds is 6. The van der Waals surface area contributed by atoms with Gasteiger partial charge in [-0.1, -0.05) is 48.9 Å². The van der Waals surface area contributed by atoms with Gasteiger partial charge < -0.3 is 14.1 Å². The van der Waals surface area contributed by atoms with Crippen molar-refractivity contribution in [2.75, 3.05) is 26.7 Å². The van der Waals surface area contributed by atoms with Gasteiger partial charge in [-0.05, 0) is 49.2 Å². The third-order valence-corrected chi connectivity index (χ3v) is 6.65. The summed E-state index contributed by atoms with van der Waals surface area (Å²) < 4.78 is 11.7. The molecule has 1 unspecified atom stereocenters. The Kier molecular flexibility index (Phi) is 6.55. The van der Waals surface area contributed by atoms with Crippen molar-refractivity contribution >= 4 is 5.91 Å². The highest BCUT2D eigenvalue weighted by atomic mass is 16.5. The number of piperidine rings is 1. The Labute approximate surface area is 195 Å². The van der Waals surface area contributed by atoms with Crippen LogP contribution >= 0.6 is 0 Å². The zero-order valence-electron chi connectivity index (χ0n) is 19.2. The summed E-state index contributed by atoms with van der Waals surface area (Å²) in [6, 6.07) is 18.0. The maximum absolute atomic E-state index is 13.2. The Bertz CT molecular complexity index is 1070. The van der Waals surface area contributed by atoms with Crippen LogP contribution in [0, 0.1) is 0 Å². The van der Waals surface area contributed by atoms with Crippen molar-refractivity contribution < 1.29 is 13.9 Å². The highest BCUT2D eigenvalue weighted by Crippen LogP contribution is 2.29. The Morgan fingerprint density at radius 3 is 2.52 bits per heavy atom. The predicted molar refractivity (Wildman–Crippen MR) is 126 cm³/mol. The molecule has 6 nitrogen and oxygen atoms in total. The molecule has 3 aromatic rings. The smallest absolute Gasteiger partial charge is 0.254 e. The van der Waals surface area contributed by atoms with E-state index >= 15 is 0 Å². The summed E-state index contributed by atoms with van der Waals surface area (Å²) in [5.74, 6) is 1.44. The molecule has 3 heterocycles. The summed E-state index contributed by atoms with van der Waals surface area (Å²) in [6.45, 7) is 4.39. The van der Waals surface area contributed by atoms with Gasteiger partial charge in [-0.3, -0.25) is 9.69 Å². The summed E-state index contributed by atoms with van der Waals surface area (Å²) in [6.07, 6.45) is 4.22. The minimum absolute atomic E-state index is 0.0427. The molecule has 5 rings (SSSR count). The highest BCUT2D eigenvalue weighted by molar-refractivity contribution is 5.94. The first-order chi connectivity index (χ1) is 16.2. The van der Waals surface area contributed by atoms with Gasteiger partial charge in [0, 0.05) is 32.2 Å². The van der Waals surface area contributed by atoms with Gasteiger partial charge in [0.05, 0.1) is 6.54 Å². The molecule has 2 aliphatic heterocycles. The van der Waals surface area contributed by atoms with Crippen LogP contribution in [0.2, 0.25) is 0 Å². The van der Waals surface area contributed by atoms with Crippen LogP contribution in [0.1, 0.15) is 64.2 Å². The van der Waals surface area contributed by atoms with Gasteiger partial charge in [-0.25, -0.2) is 4.98 Å². The van der Waals surface area contributed by atoms with E-state index in [1.807, 2.05) is 47.4 Å². The van der Waals surface area contributed by atoms with Gasteiger partial charge in [-0.15, -0.1) is 0 Å². The molecule has 1 saturated heterocycles. The van der Waals surface area contributed by atoms with E-state index in [1.54, 1.807) is 7.11 Å². The lowest BCUT2D eigenvalue weighted by Crippen LogP contribution is -2.35. The van der Waals surface area contributed by atoms with E-state index in [9.17, 15) is 4.79 Å². The van der Waals surface area contributed by atoms with Crippen LogP contribution in [0.15, 0.2) is 59.0 Å². The van der Waals surface area contributed by atoms with Gasteiger partial charge in [0.2, 0.25) is 5.89 Å². The number of amides is 1. The third kappa shape index (κ3) is 4.87. The van der Waals surface area contributed by atoms with Crippen LogP contribution in [-0.4, -0.2) is 47.4 Å². The van der Waals surface area contributed by atoms with Crippen molar-refractivity contribution in [2.24, 2.45) is 0 Å². The van der Waals surface area contributed by atoms with Crippen LogP contribution in [0.25, 0.3) is 0 Å². The maximum Gasteiger partial charge on any atom is 0.254 e. The van der Waals surface area contributed by atoms with E-state index in [-0.39, 0.29) is 12.0 Å². The minimum Gasteiger partial charge on any atom is -0.442 e. The number of nitrogens with zero attached hydrogens (tertiary/aromatic N) is 3. The number of methoxy groups -OCH3 is 1. The number of ether oxygens (including phenoxy) is 1. The summed E-state index contributed by atoms with van der Waals surface area (Å²) in [5.41, 5.74) is 3.81. The summed E-state index contributed by atoms with van der Waals surface area (Å²) >= 11 is 0. The third-order valence-electron chi connectivity index (χ3n) is 6.65. The first-order valence-electron chi connectivity index (χ1n) is 11.9. The van der Waals surface area contributed by atoms with Gasteiger partial charge in [0.25, 0.3) is 5.91 Å². The Balaban J connectivity index is 1.25. The van der Waals surface area contributed by atoms with Gasteiger partial charge >= 0.3 is 0 Å². The van der Waals surface area contributed by atoms with Crippen LogP contribution in [0.4, 0.5) is 0 Å². The average molecular weight is 446 g/mol. The Morgan fingerprint density at radius 2 is 1.79 bits per heavy atom. The van der Waals surface area contributed by atoms with Crippen molar-refractivity contribution in [1.82, 2.24) is 14.8 Å². The first kappa shape index (κ1) is 21.9. The zero-order chi connectivity index (χ0) is 22.6. The molecule has 6 heteroatoms. The molecule has 1 aromatic heterocycles. The summed E-state index contributed by atoms with van der Waals surface area (Å²) in [5, 5.41) is 0. The lowest BCUT2D eigenvalue weighted by Gasteiger charge is -2.27. The maximum atomic E-state index is 13.2. The number of benzene rings is 2. The molecular weight excluding hydrogens is 414 g/mol. The largest absolute Gasteiger partial charge is 0.442 e. The number of likely N-dealkylation sites (tertiary alicyclic amines) is 1. The molecule has 1 amide bonds. The second-order valence-corrected chi connectivity index (χ2v) is 8.96. The molecule has 0 radical (unpaired) electrons. The SMILES string of the molecule is COC(c1ccccc1)c1nc2c(o1)CCN(C(=O)c1ccc(CN3CCCCC3)cc1)C2. The number of aromatic nitrogens is 1. The van der Waals surface area contributed by atoms with Crippen LogP contribution in [-0.2, 0) is 24.2 Å². The van der Waals surface area contributed by atoms with Crippen molar-refractivity contribution in [3.63, 3.8) is 0 Å². The van der Waals surface area contributed by atoms with Crippen LogP contribution in [0.5, 0.6) is 0 Å². The lowest BCUT2D eigenvalue weighted by atomic mass is 10.1. The molecule has 33 heavy (non-hydrogen) atoms. The molecule has 0 saturated carbocycles. The van der Waals surface area contributed by atoms with E-state index < -0.39 is 0 Å². The molecule has 0 aliphatic carbocycles. The topological polar surface area (TPSA) is 58.8 Å². The van der Waals surface area contributed by atoms with Gasteiger partial charge in [0.1, 0.15) is 11.5 Å². The van der Waals surface area contributed by atoms with Crippen molar-refractivity contribution in [1.29, 1.82) is 0 Å². The first-order valence-corrected chi connectivity index (χ1v) is 11.9. The number of carbonyl (C=O) groups excluding carboxylic acids is 1. The van der Waals surface area contributed by atoms with E-state index in [0.717, 1.165) is 29.1 Å².